The molecule has 1 aliphatic heterocycles. The summed E-state index contributed by atoms with van der Waals surface area (Å²) in [4.78, 5) is 24.1. The molecule has 0 aliphatic carbocycles. The molecular formula is C13H14NO4S-. The van der Waals surface area contributed by atoms with Crippen LogP contribution in [-0.4, -0.2) is 41.1 Å². The van der Waals surface area contributed by atoms with E-state index >= 15 is 0 Å². The predicted octanol–water partition coefficient (Wildman–Crippen LogP) is 0.490. The third kappa shape index (κ3) is 3.64. The minimum atomic E-state index is -1.23. The lowest BCUT2D eigenvalue weighted by atomic mass is 10.2. The maximum Gasteiger partial charge on any atom is 0.410 e. The Kier molecular flexibility index (Phi) is 4.68. The van der Waals surface area contributed by atoms with Gasteiger partial charge in [0.15, 0.2) is 0 Å². The number of hydrogen-bond acceptors (Lipinski definition) is 5. The average molecular weight is 280 g/mol. The highest BCUT2D eigenvalue weighted by atomic mass is 32.2. The third-order valence-electron chi connectivity index (χ3n) is 2.84. The Morgan fingerprint density at radius 1 is 1.37 bits per heavy atom. The summed E-state index contributed by atoms with van der Waals surface area (Å²) in [5, 5.41) is 11.0. The highest BCUT2D eigenvalue weighted by molar-refractivity contribution is 7.99. The van der Waals surface area contributed by atoms with Crippen LogP contribution in [0.2, 0.25) is 0 Å². The number of carbonyl (C=O) groups is 2. The molecule has 6 heteroatoms. The number of rotatable bonds is 3. The predicted molar refractivity (Wildman–Crippen MR) is 69.5 cm³/mol. The van der Waals surface area contributed by atoms with Crippen molar-refractivity contribution in [3.8, 4) is 0 Å². The molecule has 1 fully saturated rings. The van der Waals surface area contributed by atoms with Gasteiger partial charge < -0.3 is 14.6 Å². The van der Waals surface area contributed by atoms with Gasteiger partial charge in [-0.1, -0.05) is 30.3 Å². The summed E-state index contributed by atoms with van der Waals surface area (Å²) in [5.41, 5.74) is 0.868. The quantitative estimate of drug-likeness (QED) is 0.806. The molecule has 1 aromatic rings. The molecule has 1 amide bonds. The summed E-state index contributed by atoms with van der Waals surface area (Å²) in [6.45, 7) is 0.514. The molecule has 2 rings (SSSR count). The van der Waals surface area contributed by atoms with Gasteiger partial charge in [-0.15, -0.1) is 0 Å². The summed E-state index contributed by atoms with van der Waals surface area (Å²) in [6, 6.07) is 8.36. The largest absolute Gasteiger partial charge is 0.548 e. The number of hydrogen-bond donors (Lipinski definition) is 0. The van der Waals surface area contributed by atoms with Gasteiger partial charge in [0.1, 0.15) is 6.61 Å². The van der Waals surface area contributed by atoms with Gasteiger partial charge in [0.25, 0.3) is 0 Å². The van der Waals surface area contributed by atoms with Crippen LogP contribution in [-0.2, 0) is 16.1 Å². The van der Waals surface area contributed by atoms with Crippen molar-refractivity contribution in [3.63, 3.8) is 0 Å². The molecule has 0 bridgehead atoms. The molecule has 19 heavy (non-hydrogen) atoms. The van der Waals surface area contributed by atoms with E-state index in [9.17, 15) is 14.7 Å². The van der Waals surface area contributed by atoms with E-state index in [-0.39, 0.29) is 6.61 Å². The number of benzene rings is 1. The molecule has 0 aromatic heterocycles. The zero-order valence-electron chi connectivity index (χ0n) is 10.3. The molecule has 0 radical (unpaired) electrons. The number of amides is 1. The van der Waals surface area contributed by atoms with Gasteiger partial charge in [0.2, 0.25) is 0 Å². The first-order valence-corrected chi connectivity index (χ1v) is 7.10. The number of nitrogens with zero attached hydrogens (tertiary/aromatic N) is 1. The Balaban J connectivity index is 1.93. The van der Waals surface area contributed by atoms with Gasteiger partial charge in [-0.05, 0) is 5.56 Å². The normalized spacial score (nSPS) is 18.9. The first-order valence-electron chi connectivity index (χ1n) is 5.94. The van der Waals surface area contributed by atoms with Crippen LogP contribution in [0.4, 0.5) is 4.79 Å². The van der Waals surface area contributed by atoms with Gasteiger partial charge in [-0.2, -0.15) is 11.8 Å². The maximum atomic E-state index is 11.9. The second-order valence-electron chi connectivity index (χ2n) is 4.14. The monoisotopic (exact) mass is 280 g/mol. The molecule has 5 nitrogen and oxygen atoms in total. The summed E-state index contributed by atoms with van der Waals surface area (Å²) in [5.74, 6) is -0.170. The summed E-state index contributed by atoms with van der Waals surface area (Å²) in [6.07, 6.45) is -0.599. The van der Waals surface area contributed by atoms with Crippen LogP contribution in [0, 0.1) is 0 Å². The Labute approximate surface area is 115 Å². The minimum absolute atomic E-state index is 0.142. The first-order chi connectivity index (χ1) is 9.18. The number of thioether (sulfide) groups is 1. The number of aliphatic carboxylic acids is 1. The Bertz CT molecular complexity index is 451. The smallest absolute Gasteiger partial charge is 0.410 e. The number of carbonyl (C=O) groups excluding carboxylic acids is 2. The summed E-state index contributed by atoms with van der Waals surface area (Å²) < 4.78 is 5.13. The van der Waals surface area contributed by atoms with E-state index < -0.39 is 18.1 Å². The molecule has 1 heterocycles. The van der Waals surface area contributed by atoms with Gasteiger partial charge in [0.05, 0.1) is 12.0 Å². The van der Waals surface area contributed by atoms with Gasteiger partial charge in [-0.25, -0.2) is 4.79 Å². The highest BCUT2D eigenvalue weighted by Crippen LogP contribution is 2.17. The van der Waals surface area contributed by atoms with Crippen molar-refractivity contribution < 1.29 is 19.4 Å². The molecule has 102 valence electrons. The molecule has 0 spiro atoms. The zero-order valence-corrected chi connectivity index (χ0v) is 11.1. The number of carboxylic acids is 1. The standard InChI is InChI=1S/C13H15NO4S/c15-12(16)11-9-19-7-6-14(11)13(17)18-8-10-4-2-1-3-5-10/h1-5,11H,6-9H2,(H,15,16)/p-1/t11-/m0/s1. The van der Waals surface area contributed by atoms with Crippen LogP contribution in [0.5, 0.6) is 0 Å². The highest BCUT2D eigenvalue weighted by Gasteiger charge is 2.29. The van der Waals surface area contributed by atoms with Crippen molar-refractivity contribution in [1.29, 1.82) is 0 Å². The van der Waals surface area contributed by atoms with Crippen LogP contribution in [0.25, 0.3) is 0 Å². The molecule has 1 aliphatic rings. The van der Waals surface area contributed by atoms with Crippen molar-refractivity contribution >= 4 is 23.8 Å². The van der Waals surface area contributed by atoms with Crippen molar-refractivity contribution in [1.82, 2.24) is 4.90 Å². The maximum absolute atomic E-state index is 11.9. The molecule has 0 N–H and O–H groups in total. The van der Waals surface area contributed by atoms with Crippen molar-refractivity contribution in [2.45, 2.75) is 12.6 Å². The second kappa shape index (κ2) is 6.47. The lowest BCUT2D eigenvalue weighted by Crippen LogP contribution is -2.55. The van der Waals surface area contributed by atoms with E-state index in [2.05, 4.69) is 0 Å². The van der Waals surface area contributed by atoms with Crippen molar-refractivity contribution in [2.75, 3.05) is 18.1 Å². The fourth-order valence-electron chi connectivity index (χ4n) is 1.82. The van der Waals surface area contributed by atoms with E-state index in [1.165, 1.54) is 16.7 Å². The lowest BCUT2D eigenvalue weighted by molar-refractivity contribution is -0.310. The Morgan fingerprint density at radius 3 is 2.79 bits per heavy atom. The van der Waals surface area contributed by atoms with Crippen LogP contribution in [0.1, 0.15) is 5.56 Å². The third-order valence-corrected chi connectivity index (χ3v) is 3.86. The van der Waals surface area contributed by atoms with Crippen LogP contribution in [0.3, 0.4) is 0 Å². The number of ether oxygens (including phenoxy) is 1. The van der Waals surface area contributed by atoms with E-state index in [4.69, 9.17) is 4.74 Å². The Morgan fingerprint density at radius 2 is 2.11 bits per heavy atom. The fourth-order valence-corrected chi connectivity index (χ4v) is 2.85. The Hall–Kier alpha value is -1.69. The van der Waals surface area contributed by atoms with Crippen molar-refractivity contribution in [3.05, 3.63) is 35.9 Å². The molecule has 0 unspecified atom stereocenters. The summed E-state index contributed by atoms with van der Waals surface area (Å²) >= 11 is 1.50. The van der Waals surface area contributed by atoms with E-state index in [0.29, 0.717) is 18.1 Å². The average Bonchev–Trinajstić information content (AvgIpc) is 2.46. The van der Waals surface area contributed by atoms with Crippen LogP contribution in [0.15, 0.2) is 30.3 Å². The molecular weight excluding hydrogens is 266 g/mol. The number of carboxylic acid groups (broad SMARTS) is 1. The molecule has 1 saturated heterocycles. The topological polar surface area (TPSA) is 69.7 Å². The van der Waals surface area contributed by atoms with Crippen LogP contribution >= 0.6 is 11.8 Å². The van der Waals surface area contributed by atoms with Gasteiger partial charge >= 0.3 is 6.09 Å². The first kappa shape index (κ1) is 13.7. The second-order valence-corrected chi connectivity index (χ2v) is 5.29. The SMILES string of the molecule is O=C([O-])[C@@H]1CSCCN1C(=O)OCc1ccccc1. The molecule has 0 saturated carbocycles. The van der Waals surface area contributed by atoms with Crippen LogP contribution < -0.4 is 5.11 Å². The molecule has 1 atom stereocenters. The zero-order chi connectivity index (χ0) is 13.7. The lowest BCUT2D eigenvalue weighted by Gasteiger charge is -2.34. The van der Waals surface area contributed by atoms with E-state index in [1.807, 2.05) is 30.3 Å². The van der Waals surface area contributed by atoms with Gasteiger partial charge in [0, 0.05) is 18.1 Å². The van der Waals surface area contributed by atoms with E-state index in [1.54, 1.807) is 0 Å². The van der Waals surface area contributed by atoms with Crippen molar-refractivity contribution in [2.24, 2.45) is 0 Å². The fraction of sp³-hybridized carbons (Fsp3) is 0.385. The summed E-state index contributed by atoms with van der Waals surface area (Å²) in [7, 11) is 0. The minimum Gasteiger partial charge on any atom is -0.548 e. The van der Waals surface area contributed by atoms with Gasteiger partial charge in [-0.3, -0.25) is 4.90 Å². The van der Waals surface area contributed by atoms with E-state index in [0.717, 1.165) is 5.56 Å². The molecule has 1 aromatic carbocycles.